The van der Waals surface area contributed by atoms with Crippen molar-refractivity contribution in [3.8, 4) is 0 Å². The number of aromatic nitrogens is 2. The highest BCUT2D eigenvalue weighted by Crippen LogP contribution is 2.30. The van der Waals surface area contributed by atoms with Gasteiger partial charge in [0.05, 0.1) is 29.1 Å². The third kappa shape index (κ3) is 5.41. The molecule has 12 heteroatoms. The van der Waals surface area contributed by atoms with Crippen molar-refractivity contribution in [3.05, 3.63) is 62.9 Å². The zero-order valence-electron chi connectivity index (χ0n) is 19.6. The number of rotatable bonds is 6. The number of piperazine rings is 1. The van der Waals surface area contributed by atoms with Gasteiger partial charge in [0.1, 0.15) is 0 Å². The van der Waals surface area contributed by atoms with Crippen LogP contribution in [0.5, 0.6) is 0 Å². The first-order chi connectivity index (χ1) is 16.9. The van der Waals surface area contributed by atoms with Gasteiger partial charge in [0, 0.05) is 49.5 Å². The number of carboxylic acids is 1. The van der Waals surface area contributed by atoms with Gasteiger partial charge in [0.15, 0.2) is 0 Å². The molecule has 192 valence electrons. The van der Waals surface area contributed by atoms with E-state index in [4.69, 9.17) is 16.6 Å². The number of fused-ring (bicyclic) bond motifs is 1. The maximum atomic E-state index is 13.3. The van der Waals surface area contributed by atoms with E-state index in [0.717, 1.165) is 0 Å². The number of benzene rings is 2. The monoisotopic (exact) mass is 523 g/mol. The minimum absolute atomic E-state index is 0.0944. The van der Waals surface area contributed by atoms with Gasteiger partial charge in [-0.1, -0.05) is 23.7 Å². The predicted molar refractivity (Wildman–Crippen MR) is 132 cm³/mol. The summed E-state index contributed by atoms with van der Waals surface area (Å²) in [7, 11) is 1.57. The zero-order valence-corrected chi connectivity index (χ0v) is 20.4. The van der Waals surface area contributed by atoms with Crippen LogP contribution in [0.15, 0.2) is 41.2 Å². The molecule has 1 atom stereocenters. The first-order valence-corrected chi connectivity index (χ1v) is 11.7. The number of nitrogens with zero attached hydrogens (tertiary/aromatic N) is 4. The summed E-state index contributed by atoms with van der Waals surface area (Å²) in [5.74, 6) is -0.735. The number of aromatic carboxylic acids is 1. The molecule has 2 heterocycles. The van der Waals surface area contributed by atoms with Gasteiger partial charge in [0.2, 0.25) is 5.95 Å². The van der Waals surface area contributed by atoms with Crippen molar-refractivity contribution in [3.63, 3.8) is 0 Å². The molecular weight excluding hydrogens is 499 g/mol. The fourth-order valence-electron chi connectivity index (χ4n) is 4.43. The number of halogens is 4. The molecule has 1 aliphatic heterocycles. The molecule has 0 aliphatic carbocycles. The minimum atomic E-state index is -4.27. The van der Waals surface area contributed by atoms with E-state index in [2.05, 4.69) is 5.32 Å². The standard InChI is InChI=1S/C24H25ClF3N5O3/c1-14(29-19-6-4-3-5-16(19)22(35)36)17-11-15(25)12-18-20(17)30-23(31(2)21(18)34)33-9-7-32(8-10-33)13-24(26,27)28/h3-6,11-12,14,29H,7-10,13H2,1-2H3,(H,35,36). The Morgan fingerprint density at radius 1 is 1.19 bits per heavy atom. The van der Waals surface area contributed by atoms with Gasteiger partial charge >= 0.3 is 12.1 Å². The number of carboxylic acid groups (broad SMARTS) is 1. The number of hydrogen-bond acceptors (Lipinski definition) is 6. The average molecular weight is 524 g/mol. The van der Waals surface area contributed by atoms with Gasteiger partial charge in [-0.2, -0.15) is 13.2 Å². The van der Waals surface area contributed by atoms with Crippen LogP contribution in [-0.2, 0) is 7.05 Å². The second-order valence-electron chi connectivity index (χ2n) is 8.76. The van der Waals surface area contributed by atoms with Gasteiger partial charge < -0.3 is 15.3 Å². The van der Waals surface area contributed by atoms with Crippen LogP contribution >= 0.6 is 11.6 Å². The number of anilines is 2. The molecule has 1 aliphatic rings. The molecule has 3 aromatic rings. The van der Waals surface area contributed by atoms with Crippen LogP contribution in [0, 0.1) is 0 Å². The third-order valence-electron chi connectivity index (χ3n) is 6.21. The smallest absolute Gasteiger partial charge is 0.401 e. The lowest BCUT2D eigenvalue weighted by molar-refractivity contribution is -0.146. The van der Waals surface area contributed by atoms with Crippen LogP contribution in [0.1, 0.15) is 28.9 Å². The van der Waals surface area contributed by atoms with Gasteiger partial charge in [-0.25, -0.2) is 9.78 Å². The van der Waals surface area contributed by atoms with Crippen molar-refractivity contribution in [1.29, 1.82) is 0 Å². The van der Waals surface area contributed by atoms with E-state index in [1.165, 1.54) is 21.6 Å². The predicted octanol–water partition coefficient (Wildman–Crippen LogP) is 4.14. The van der Waals surface area contributed by atoms with Gasteiger partial charge in [0.25, 0.3) is 5.56 Å². The van der Waals surface area contributed by atoms with Gasteiger partial charge in [-0.15, -0.1) is 0 Å². The van der Waals surface area contributed by atoms with E-state index in [-0.39, 0.29) is 37.3 Å². The summed E-state index contributed by atoms with van der Waals surface area (Å²) in [6, 6.07) is 9.19. The quantitative estimate of drug-likeness (QED) is 0.502. The molecule has 36 heavy (non-hydrogen) atoms. The van der Waals surface area contributed by atoms with Crippen LogP contribution in [-0.4, -0.2) is 64.4 Å². The third-order valence-corrected chi connectivity index (χ3v) is 6.42. The number of para-hydroxylation sites is 1. The molecule has 0 amide bonds. The first-order valence-electron chi connectivity index (χ1n) is 11.3. The molecule has 0 bridgehead atoms. The highest BCUT2D eigenvalue weighted by Gasteiger charge is 2.33. The Balaban J connectivity index is 1.70. The van der Waals surface area contributed by atoms with Crippen LogP contribution in [0.4, 0.5) is 24.8 Å². The van der Waals surface area contributed by atoms with E-state index < -0.39 is 24.7 Å². The molecule has 1 aromatic heterocycles. The fourth-order valence-corrected chi connectivity index (χ4v) is 4.66. The highest BCUT2D eigenvalue weighted by molar-refractivity contribution is 6.31. The summed E-state index contributed by atoms with van der Waals surface area (Å²) in [6.45, 7) is 1.76. The van der Waals surface area contributed by atoms with Crippen molar-refractivity contribution >= 4 is 40.1 Å². The van der Waals surface area contributed by atoms with E-state index in [9.17, 15) is 27.9 Å². The number of hydrogen-bond donors (Lipinski definition) is 2. The topological polar surface area (TPSA) is 90.7 Å². The highest BCUT2D eigenvalue weighted by atomic mass is 35.5. The van der Waals surface area contributed by atoms with Crippen molar-refractivity contribution in [2.24, 2.45) is 7.05 Å². The Kier molecular flexibility index (Phi) is 7.14. The molecule has 8 nitrogen and oxygen atoms in total. The fraction of sp³-hybridized carbons (Fsp3) is 0.375. The summed E-state index contributed by atoms with van der Waals surface area (Å²) in [5, 5.41) is 13.3. The molecule has 1 fully saturated rings. The first kappa shape index (κ1) is 25.8. The second-order valence-corrected chi connectivity index (χ2v) is 9.20. The van der Waals surface area contributed by atoms with Gasteiger partial charge in [-0.3, -0.25) is 14.3 Å². The minimum Gasteiger partial charge on any atom is -0.478 e. The van der Waals surface area contributed by atoms with Gasteiger partial charge in [-0.05, 0) is 31.2 Å². The molecule has 0 spiro atoms. The van der Waals surface area contributed by atoms with E-state index in [1.807, 2.05) is 0 Å². The summed E-state index contributed by atoms with van der Waals surface area (Å²) < 4.78 is 39.7. The summed E-state index contributed by atoms with van der Waals surface area (Å²) in [4.78, 5) is 32.7. The molecule has 0 radical (unpaired) electrons. The Bertz CT molecular complexity index is 1350. The number of nitrogens with one attached hydrogen (secondary N) is 1. The summed E-state index contributed by atoms with van der Waals surface area (Å²) in [5.41, 5.74) is 1.14. The van der Waals surface area contributed by atoms with E-state index in [0.29, 0.717) is 33.1 Å². The van der Waals surface area contributed by atoms with Crippen molar-refractivity contribution in [2.45, 2.75) is 19.1 Å². The molecular formula is C24H25ClF3N5O3. The largest absolute Gasteiger partial charge is 0.478 e. The normalized spacial score (nSPS) is 15.8. The molecule has 4 rings (SSSR count). The number of carbonyl (C=O) groups is 1. The maximum Gasteiger partial charge on any atom is 0.401 e. The Morgan fingerprint density at radius 2 is 1.86 bits per heavy atom. The maximum absolute atomic E-state index is 13.3. The average Bonchev–Trinajstić information content (AvgIpc) is 2.81. The Hall–Kier alpha value is -3.31. The molecule has 2 aromatic carbocycles. The van der Waals surface area contributed by atoms with E-state index >= 15 is 0 Å². The second kappa shape index (κ2) is 9.98. The molecule has 1 saturated heterocycles. The number of alkyl halides is 3. The molecule has 0 saturated carbocycles. The lowest BCUT2D eigenvalue weighted by Gasteiger charge is -2.36. The van der Waals surface area contributed by atoms with Crippen LogP contribution < -0.4 is 15.8 Å². The van der Waals surface area contributed by atoms with Crippen LogP contribution in [0.3, 0.4) is 0 Å². The molecule has 2 N–H and O–H groups in total. The zero-order chi connectivity index (χ0) is 26.2. The lowest BCUT2D eigenvalue weighted by Crippen LogP contribution is -2.50. The Labute approximate surface area is 209 Å². The summed E-state index contributed by atoms with van der Waals surface area (Å²) in [6.07, 6.45) is -4.27. The molecule has 1 unspecified atom stereocenters. The van der Waals surface area contributed by atoms with Crippen molar-refractivity contribution in [2.75, 3.05) is 42.9 Å². The lowest BCUT2D eigenvalue weighted by atomic mass is 10.0. The Morgan fingerprint density at radius 3 is 2.50 bits per heavy atom. The van der Waals surface area contributed by atoms with Crippen molar-refractivity contribution in [1.82, 2.24) is 14.5 Å². The van der Waals surface area contributed by atoms with E-state index in [1.54, 1.807) is 43.1 Å². The summed E-state index contributed by atoms with van der Waals surface area (Å²) >= 11 is 6.33. The van der Waals surface area contributed by atoms with Crippen LogP contribution in [0.2, 0.25) is 5.02 Å². The van der Waals surface area contributed by atoms with Crippen LogP contribution in [0.25, 0.3) is 10.9 Å². The van der Waals surface area contributed by atoms with Crippen molar-refractivity contribution < 1.29 is 23.1 Å². The SMILES string of the molecule is CC(Nc1ccccc1C(=O)O)c1cc(Cl)cc2c(=O)n(C)c(N3CCN(CC(F)(F)F)CC3)nc12.